The minimum Gasteiger partial charge on any atom is -0.451 e. The van der Waals surface area contributed by atoms with E-state index in [1.54, 1.807) is 0 Å². The lowest BCUT2D eigenvalue weighted by atomic mass is 9.99. The Balaban J connectivity index is 1.23. The van der Waals surface area contributed by atoms with E-state index in [4.69, 9.17) is 4.42 Å². The van der Waals surface area contributed by atoms with Crippen LogP contribution in [0, 0.1) is 5.82 Å². The Kier molecular flexibility index (Phi) is 5.91. The number of rotatable bonds is 4. The molecule has 3 aromatic rings. The predicted molar refractivity (Wildman–Crippen MR) is 126 cm³/mol. The molecule has 0 bridgehead atoms. The zero-order valence-corrected chi connectivity index (χ0v) is 18.9. The molecule has 1 atom stereocenters. The van der Waals surface area contributed by atoms with Gasteiger partial charge in [0.1, 0.15) is 11.4 Å². The van der Waals surface area contributed by atoms with Crippen LogP contribution in [0.2, 0.25) is 0 Å². The van der Waals surface area contributed by atoms with E-state index < -0.39 is 11.7 Å². The molecule has 0 spiro atoms. The Morgan fingerprint density at radius 3 is 2.62 bits per heavy atom. The number of carbonyl (C=O) groups is 2. The molecule has 2 aromatic carbocycles. The second kappa shape index (κ2) is 9.02. The molecule has 5 rings (SSSR count). The first-order chi connectivity index (χ1) is 16.4. The summed E-state index contributed by atoms with van der Waals surface area (Å²) in [5.41, 5.74) is 3.08. The molecular weight excluding hydrogens is 437 g/mol. The van der Waals surface area contributed by atoms with Crippen molar-refractivity contribution >= 4 is 28.5 Å². The summed E-state index contributed by atoms with van der Waals surface area (Å²) in [6.45, 7) is 3.16. The molecule has 2 N–H and O–H groups in total. The highest BCUT2D eigenvalue weighted by Gasteiger charge is 2.31. The molecule has 1 aliphatic heterocycles. The first kappa shape index (κ1) is 22.3. The third-order valence-corrected chi connectivity index (χ3v) is 6.73. The fraction of sp³-hybridized carbons (Fsp3) is 0.346. The Bertz CT molecular complexity index is 1330. The molecule has 8 heteroatoms. The number of hydrogen-bond donors (Lipinski definition) is 2. The summed E-state index contributed by atoms with van der Waals surface area (Å²) in [6.07, 6.45) is 3.60. The van der Waals surface area contributed by atoms with Gasteiger partial charge in [-0.2, -0.15) is 0 Å². The molecule has 1 saturated heterocycles. The number of nitrogens with zero attached hydrogens (tertiary/aromatic N) is 1. The van der Waals surface area contributed by atoms with Crippen molar-refractivity contribution in [3.05, 3.63) is 75.4 Å². The summed E-state index contributed by atoms with van der Waals surface area (Å²) in [5.74, 6) is -1.19. The summed E-state index contributed by atoms with van der Waals surface area (Å²) >= 11 is 0. The fourth-order valence-electron chi connectivity index (χ4n) is 5.09. The number of nitrogens with one attached hydrogen (secondary N) is 2. The van der Waals surface area contributed by atoms with E-state index in [1.807, 2.05) is 6.07 Å². The largest absolute Gasteiger partial charge is 0.451 e. The number of anilines is 1. The molecule has 1 aliphatic carbocycles. The number of halogens is 1. The van der Waals surface area contributed by atoms with Crippen LogP contribution in [0.4, 0.5) is 10.1 Å². The van der Waals surface area contributed by atoms with E-state index in [0.717, 1.165) is 56.6 Å². The average molecular weight is 464 g/mol. The van der Waals surface area contributed by atoms with Gasteiger partial charge in [-0.3, -0.25) is 19.3 Å². The van der Waals surface area contributed by atoms with Gasteiger partial charge in [-0.05, 0) is 61.1 Å². The quantitative estimate of drug-likeness (QED) is 0.615. The first-order valence-corrected chi connectivity index (χ1v) is 11.6. The predicted octanol–water partition coefficient (Wildman–Crippen LogP) is 3.77. The highest BCUT2D eigenvalue weighted by molar-refractivity contribution is 5.93. The number of aryl methyl sites for hydroxylation is 1. The van der Waals surface area contributed by atoms with Gasteiger partial charge in [0, 0.05) is 49.9 Å². The maximum atomic E-state index is 13.5. The third kappa shape index (κ3) is 4.46. The smallest absolute Gasteiger partial charge is 0.287 e. The van der Waals surface area contributed by atoms with Crippen molar-refractivity contribution in [2.24, 2.45) is 0 Å². The lowest BCUT2D eigenvalue weighted by molar-refractivity contribution is -0.114. The minimum absolute atomic E-state index is 0.0381. The van der Waals surface area contributed by atoms with Crippen LogP contribution in [0.25, 0.3) is 11.0 Å². The normalized spacial score (nSPS) is 18.6. The summed E-state index contributed by atoms with van der Waals surface area (Å²) in [5, 5.41) is 6.07. The van der Waals surface area contributed by atoms with E-state index in [9.17, 15) is 18.8 Å². The molecule has 0 radical (unpaired) electrons. The molecule has 34 heavy (non-hydrogen) atoms. The van der Waals surface area contributed by atoms with Crippen LogP contribution in [0.1, 0.15) is 53.9 Å². The van der Waals surface area contributed by atoms with Gasteiger partial charge in [0.2, 0.25) is 5.91 Å². The molecule has 2 aliphatic rings. The molecular formula is C26H26FN3O4. The van der Waals surface area contributed by atoms with Gasteiger partial charge in [0.05, 0.1) is 5.39 Å². The topological polar surface area (TPSA) is 91.7 Å². The van der Waals surface area contributed by atoms with Crippen molar-refractivity contribution < 1.29 is 18.4 Å². The van der Waals surface area contributed by atoms with E-state index in [2.05, 4.69) is 27.7 Å². The summed E-state index contributed by atoms with van der Waals surface area (Å²) < 4.78 is 19.0. The number of hydrogen-bond acceptors (Lipinski definition) is 5. The third-order valence-electron chi connectivity index (χ3n) is 6.73. The van der Waals surface area contributed by atoms with Crippen molar-refractivity contribution in [2.75, 3.05) is 18.4 Å². The second-order valence-corrected chi connectivity index (χ2v) is 9.05. The molecule has 7 nitrogen and oxygen atoms in total. The number of fused-ring (bicyclic) bond motifs is 2. The molecule has 0 unspecified atom stereocenters. The zero-order valence-electron chi connectivity index (χ0n) is 18.9. The van der Waals surface area contributed by atoms with Crippen LogP contribution in [0.5, 0.6) is 0 Å². The molecule has 176 valence electrons. The SMILES string of the molecule is CC(=O)Nc1ccc2c(c1)[C@H](N1CCC(NC(=O)c3cc(=O)c4ccc(F)cc4o3)CC1)CC2. The van der Waals surface area contributed by atoms with Gasteiger partial charge < -0.3 is 15.1 Å². The lowest BCUT2D eigenvalue weighted by Crippen LogP contribution is -2.45. The van der Waals surface area contributed by atoms with Crippen LogP contribution in [0.3, 0.4) is 0 Å². The van der Waals surface area contributed by atoms with Gasteiger partial charge in [0.25, 0.3) is 5.91 Å². The van der Waals surface area contributed by atoms with Crippen LogP contribution in [-0.4, -0.2) is 35.8 Å². The Morgan fingerprint density at radius 2 is 1.85 bits per heavy atom. The molecule has 0 saturated carbocycles. The number of piperidine rings is 1. The van der Waals surface area contributed by atoms with E-state index in [1.165, 1.54) is 30.2 Å². The highest BCUT2D eigenvalue weighted by Crippen LogP contribution is 2.38. The summed E-state index contributed by atoms with van der Waals surface area (Å²) in [7, 11) is 0. The number of likely N-dealkylation sites (tertiary alicyclic amines) is 1. The standard InChI is InChI=1S/C26H26FN3O4/c1-15(31)28-19-5-2-16-3-7-22(21(16)13-19)30-10-8-18(9-11-30)29-26(33)25-14-23(32)20-6-4-17(27)12-24(20)34-25/h2,4-6,12-14,18,22H,3,7-11H2,1H3,(H,28,31)(H,29,33)/t22-/m1/s1. The molecule has 2 amide bonds. The van der Waals surface area contributed by atoms with Crippen LogP contribution < -0.4 is 16.1 Å². The van der Waals surface area contributed by atoms with Crippen LogP contribution >= 0.6 is 0 Å². The lowest BCUT2D eigenvalue weighted by Gasteiger charge is -2.36. The van der Waals surface area contributed by atoms with E-state index in [-0.39, 0.29) is 34.1 Å². The Hall–Kier alpha value is -3.52. The van der Waals surface area contributed by atoms with Crippen molar-refractivity contribution in [1.82, 2.24) is 10.2 Å². The first-order valence-electron chi connectivity index (χ1n) is 11.6. The fourth-order valence-corrected chi connectivity index (χ4v) is 5.09. The summed E-state index contributed by atoms with van der Waals surface area (Å²) in [6, 6.07) is 11.2. The Morgan fingerprint density at radius 1 is 1.06 bits per heavy atom. The van der Waals surface area contributed by atoms with Gasteiger partial charge >= 0.3 is 0 Å². The summed E-state index contributed by atoms with van der Waals surface area (Å²) in [4.78, 5) is 38.9. The van der Waals surface area contributed by atoms with Gasteiger partial charge in [-0.1, -0.05) is 6.07 Å². The monoisotopic (exact) mass is 463 g/mol. The van der Waals surface area contributed by atoms with Gasteiger partial charge in [-0.15, -0.1) is 0 Å². The maximum absolute atomic E-state index is 13.5. The minimum atomic E-state index is -0.529. The highest BCUT2D eigenvalue weighted by atomic mass is 19.1. The van der Waals surface area contributed by atoms with E-state index in [0.29, 0.717) is 6.04 Å². The van der Waals surface area contributed by atoms with Crippen molar-refractivity contribution in [3.8, 4) is 0 Å². The number of amides is 2. The number of carbonyl (C=O) groups excluding carboxylic acids is 2. The number of benzene rings is 2. The van der Waals surface area contributed by atoms with Gasteiger partial charge in [0.15, 0.2) is 11.2 Å². The second-order valence-electron chi connectivity index (χ2n) is 9.05. The molecule has 2 heterocycles. The van der Waals surface area contributed by atoms with Crippen LogP contribution in [-0.2, 0) is 11.2 Å². The van der Waals surface area contributed by atoms with Crippen molar-refractivity contribution in [2.45, 2.75) is 44.7 Å². The van der Waals surface area contributed by atoms with Crippen molar-refractivity contribution in [3.63, 3.8) is 0 Å². The molecule has 1 fully saturated rings. The zero-order chi connectivity index (χ0) is 23.8. The Labute approximate surface area is 195 Å². The van der Waals surface area contributed by atoms with Gasteiger partial charge in [-0.25, -0.2) is 4.39 Å². The average Bonchev–Trinajstić information content (AvgIpc) is 3.22. The molecule has 1 aromatic heterocycles. The van der Waals surface area contributed by atoms with Crippen molar-refractivity contribution in [1.29, 1.82) is 0 Å². The van der Waals surface area contributed by atoms with Crippen LogP contribution in [0.15, 0.2) is 51.7 Å². The maximum Gasteiger partial charge on any atom is 0.287 e. The van der Waals surface area contributed by atoms with E-state index >= 15 is 0 Å².